The maximum Gasteiger partial charge on any atom is 0.282 e. The van der Waals surface area contributed by atoms with Crippen molar-refractivity contribution in [3.8, 4) is 5.75 Å². The Hall–Kier alpha value is -2.96. The quantitative estimate of drug-likeness (QED) is 0.662. The Bertz CT molecular complexity index is 673. The lowest BCUT2D eigenvalue weighted by Crippen LogP contribution is -2.27. The first-order chi connectivity index (χ1) is 9.99. The molecule has 2 N–H and O–H groups in total. The number of phenolic OH excluding ortho intramolecular Hbond substituents is 1. The summed E-state index contributed by atoms with van der Waals surface area (Å²) in [6, 6.07) is 6.49. The largest absolute Gasteiger partial charge is 0.508 e. The van der Waals surface area contributed by atoms with Crippen LogP contribution < -0.4 is 5.32 Å². The summed E-state index contributed by atoms with van der Waals surface area (Å²) in [5, 5.41) is 23.0. The fourth-order valence-electron chi connectivity index (χ4n) is 1.85. The molecule has 1 aromatic carbocycles. The molecule has 1 atom stereocenters. The maximum absolute atomic E-state index is 12.2. The molecule has 0 aliphatic carbocycles. The van der Waals surface area contributed by atoms with Gasteiger partial charge in [-0.3, -0.25) is 19.9 Å². The van der Waals surface area contributed by atoms with Gasteiger partial charge in [-0.2, -0.15) is 0 Å². The number of nitrogens with one attached hydrogen (secondary N) is 1. The Labute approximate surface area is 120 Å². The molecule has 21 heavy (non-hydrogen) atoms. The van der Waals surface area contributed by atoms with Crippen molar-refractivity contribution in [1.82, 2.24) is 10.3 Å². The SMILES string of the molecule is CC(NC(=O)c1cc(O)ccc1[N+](=O)[O-])c1cccnc1. The van der Waals surface area contributed by atoms with Crippen molar-refractivity contribution in [2.75, 3.05) is 0 Å². The minimum absolute atomic E-state index is 0.184. The summed E-state index contributed by atoms with van der Waals surface area (Å²) in [5.74, 6) is -0.839. The van der Waals surface area contributed by atoms with Crippen LogP contribution in [-0.4, -0.2) is 20.9 Å². The first kappa shape index (κ1) is 14.4. The summed E-state index contributed by atoms with van der Waals surface area (Å²) in [6.45, 7) is 1.74. The molecule has 1 aromatic heterocycles. The molecule has 0 bridgehead atoms. The van der Waals surface area contributed by atoms with E-state index in [0.717, 1.165) is 17.7 Å². The maximum atomic E-state index is 12.2. The van der Waals surface area contributed by atoms with E-state index < -0.39 is 10.8 Å². The van der Waals surface area contributed by atoms with Gasteiger partial charge in [0, 0.05) is 18.5 Å². The number of phenols is 1. The highest BCUT2D eigenvalue weighted by atomic mass is 16.6. The molecule has 0 spiro atoms. The number of nitro benzene ring substituents is 1. The van der Waals surface area contributed by atoms with Crippen LogP contribution in [0.5, 0.6) is 5.75 Å². The van der Waals surface area contributed by atoms with Crippen LogP contribution in [0, 0.1) is 10.1 Å². The molecule has 0 aliphatic rings. The van der Waals surface area contributed by atoms with E-state index in [-0.39, 0.29) is 23.0 Å². The molecular formula is C14H13N3O4. The van der Waals surface area contributed by atoms with Gasteiger partial charge in [0.05, 0.1) is 11.0 Å². The summed E-state index contributed by atoms with van der Waals surface area (Å²) >= 11 is 0. The van der Waals surface area contributed by atoms with Crippen molar-refractivity contribution >= 4 is 11.6 Å². The Morgan fingerprint density at radius 3 is 2.81 bits per heavy atom. The average Bonchev–Trinajstić information content (AvgIpc) is 2.47. The van der Waals surface area contributed by atoms with Crippen LogP contribution >= 0.6 is 0 Å². The molecule has 0 aliphatic heterocycles. The minimum Gasteiger partial charge on any atom is -0.508 e. The molecule has 7 heteroatoms. The van der Waals surface area contributed by atoms with Gasteiger partial charge in [-0.1, -0.05) is 6.07 Å². The monoisotopic (exact) mass is 287 g/mol. The van der Waals surface area contributed by atoms with Gasteiger partial charge >= 0.3 is 0 Å². The van der Waals surface area contributed by atoms with Crippen molar-refractivity contribution in [3.05, 3.63) is 64.0 Å². The molecule has 0 saturated heterocycles. The zero-order chi connectivity index (χ0) is 15.4. The molecule has 0 radical (unpaired) electrons. The number of nitrogens with zero attached hydrogens (tertiary/aromatic N) is 2. The first-order valence-electron chi connectivity index (χ1n) is 6.17. The highest BCUT2D eigenvalue weighted by Crippen LogP contribution is 2.24. The van der Waals surface area contributed by atoms with Gasteiger partial charge < -0.3 is 10.4 Å². The number of aromatic hydroxyl groups is 1. The van der Waals surface area contributed by atoms with E-state index in [1.807, 2.05) is 0 Å². The van der Waals surface area contributed by atoms with Gasteiger partial charge in [-0.05, 0) is 30.7 Å². The molecule has 1 unspecified atom stereocenters. The third-order valence-electron chi connectivity index (χ3n) is 2.95. The fourth-order valence-corrected chi connectivity index (χ4v) is 1.85. The number of carbonyl (C=O) groups excluding carboxylic acids is 1. The predicted molar refractivity (Wildman–Crippen MR) is 74.9 cm³/mol. The van der Waals surface area contributed by atoms with Crippen LogP contribution in [0.1, 0.15) is 28.9 Å². The highest BCUT2D eigenvalue weighted by molar-refractivity contribution is 5.98. The van der Waals surface area contributed by atoms with Crippen molar-refractivity contribution in [2.24, 2.45) is 0 Å². The zero-order valence-corrected chi connectivity index (χ0v) is 11.2. The van der Waals surface area contributed by atoms with Crippen LogP contribution in [-0.2, 0) is 0 Å². The van der Waals surface area contributed by atoms with Crippen LogP contribution in [0.3, 0.4) is 0 Å². The summed E-state index contributed by atoms with van der Waals surface area (Å²) < 4.78 is 0. The van der Waals surface area contributed by atoms with Gasteiger partial charge in [0.25, 0.3) is 11.6 Å². The van der Waals surface area contributed by atoms with E-state index >= 15 is 0 Å². The van der Waals surface area contributed by atoms with Crippen LogP contribution in [0.2, 0.25) is 0 Å². The summed E-state index contributed by atoms with van der Waals surface area (Å²) in [6.07, 6.45) is 3.21. The fraction of sp³-hybridized carbons (Fsp3) is 0.143. The number of hydrogen-bond acceptors (Lipinski definition) is 5. The van der Waals surface area contributed by atoms with E-state index in [1.165, 1.54) is 6.07 Å². The van der Waals surface area contributed by atoms with Crippen molar-refractivity contribution in [2.45, 2.75) is 13.0 Å². The van der Waals surface area contributed by atoms with Crippen molar-refractivity contribution in [1.29, 1.82) is 0 Å². The second-order valence-corrected chi connectivity index (χ2v) is 4.44. The smallest absolute Gasteiger partial charge is 0.282 e. The predicted octanol–water partition coefficient (Wildman–Crippen LogP) is 2.19. The second-order valence-electron chi connectivity index (χ2n) is 4.44. The number of benzene rings is 1. The van der Waals surface area contributed by atoms with E-state index in [0.29, 0.717) is 0 Å². The van der Waals surface area contributed by atoms with Gasteiger partial charge in [-0.15, -0.1) is 0 Å². The molecule has 0 saturated carbocycles. The number of carbonyl (C=O) groups is 1. The van der Waals surface area contributed by atoms with Gasteiger partial charge in [0.2, 0.25) is 0 Å². The van der Waals surface area contributed by atoms with E-state index in [2.05, 4.69) is 10.3 Å². The minimum atomic E-state index is -0.664. The number of amides is 1. The third-order valence-corrected chi connectivity index (χ3v) is 2.95. The molecule has 1 amide bonds. The lowest BCUT2D eigenvalue weighted by Gasteiger charge is -2.14. The first-order valence-corrected chi connectivity index (χ1v) is 6.17. The van der Waals surface area contributed by atoms with Crippen LogP contribution in [0.25, 0.3) is 0 Å². The summed E-state index contributed by atoms with van der Waals surface area (Å²) in [4.78, 5) is 26.4. The second kappa shape index (κ2) is 6.00. The number of hydrogen-bond donors (Lipinski definition) is 2. The molecule has 108 valence electrons. The van der Waals surface area contributed by atoms with Crippen LogP contribution in [0.4, 0.5) is 5.69 Å². The molecule has 1 heterocycles. The lowest BCUT2D eigenvalue weighted by molar-refractivity contribution is -0.385. The molecule has 2 rings (SSSR count). The van der Waals surface area contributed by atoms with E-state index in [9.17, 15) is 20.0 Å². The third kappa shape index (κ3) is 3.33. The molecule has 7 nitrogen and oxygen atoms in total. The molecule has 2 aromatic rings. The van der Waals surface area contributed by atoms with Gasteiger partial charge in [0.15, 0.2) is 0 Å². The number of nitro groups is 1. The Kier molecular flexibility index (Phi) is 4.13. The molecular weight excluding hydrogens is 274 g/mol. The van der Waals surface area contributed by atoms with Gasteiger partial charge in [-0.25, -0.2) is 0 Å². The zero-order valence-electron chi connectivity index (χ0n) is 11.2. The standard InChI is InChI=1S/C14H13N3O4/c1-9(10-3-2-6-15-8-10)16-14(19)12-7-11(18)4-5-13(12)17(20)21/h2-9,18H,1H3,(H,16,19). The Balaban J connectivity index is 2.25. The average molecular weight is 287 g/mol. The number of aromatic nitrogens is 1. The number of pyridine rings is 1. The molecule has 0 fully saturated rings. The van der Waals surface area contributed by atoms with E-state index in [4.69, 9.17) is 0 Å². The lowest BCUT2D eigenvalue weighted by atomic mass is 10.1. The number of rotatable bonds is 4. The summed E-state index contributed by atoms with van der Waals surface area (Å²) in [5.41, 5.74) is 0.230. The van der Waals surface area contributed by atoms with Crippen LogP contribution in [0.15, 0.2) is 42.7 Å². The Morgan fingerprint density at radius 1 is 1.43 bits per heavy atom. The summed E-state index contributed by atoms with van der Waals surface area (Å²) in [7, 11) is 0. The van der Waals surface area contributed by atoms with Gasteiger partial charge in [0.1, 0.15) is 11.3 Å². The van der Waals surface area contributed by atoms with Crippen molar-refractivity contribution < 1.29 is 14.8 Å². The Morgan fingerprint density at radius 2 is 2.19 bits per heavy atom. The highest BCUT2D eigenvalue weighted by Gasteiger charge is 2.22. The normalized spacial score (nSPS) is 11.7. The topological polar surface area (TPSA) is 105 Å². The van der Waals surface area contributed by atoms with Crippen molar-refractivity contribution in [3.63, 3.8) is 0 Å². The van der Waals surface area contributed by atoms with E-state index in [1.54, 1.807) is 31.5 Å².